The van der Waals surface area contributed by atoms with E-state index < -0.39 is 65.2 Å². The second kappa shape index (κ2) is 15.8. The van der Waals surface area contributed by atoms with Crippen molar-refractivity contribution in [2.45, 2.75) is 122 Å². The highest BCUT2D eigenvalue weighted by molar-refractivity contribution is 6.01. The lowest BCUT2D eigenvalue weighted by Crippen LogP contribution is -2.47. The predicted molar refractivity (Wildman–Crippen MR) is 198 cm³/mol. The first-order valence-corrected chi connectivity index (χ1v) is 17.8. The number of amides is 2. The number of carbonyl (C=O) groups excluding carboxylic acids is 2. The third-order valence-electron chi connectivity index (χ3n) is 8.41. The number of nitrogens with zero attached hydrogens (tertiary/aromatic N) is 1. The fourth-order valence-electron chi connectivity index (χ4n) is 6.58. The number of ether oxygens (including phenoxy) is 6. The maximum Gasteiger partial charge on any atom is 0.414 e. The van der Waals surface area contributed by atoms with Crippen molar-refractivity contribution in [3.8, 4) is 0 Å². The minimum absolute atomic E-state index is 0.104. The van der Waals surface area contributed by atoms with Gasteiger partial charge in [0.2, 0.25) is 5.96 Å². The molecule has 2 aliphatic heterocycles. The smallest absolute Gasteiger partial charge is 0.414 e. The van der Waals surface area contributed by atoms with Crippen LogP contribution < -0.4 is 10.6 Å². The monoisotopic (exact) mass is 715 g/mol. The van der Waals surface area contributed by atoms with Crippen LogP contribution in [0.25, 0.3) is 0 Å². The molecule has 2 aliphatic rings. The first kappa shape index (κ1) is 38.9. The molecule has 0 saturated carbocycles. The minimum atomic E-state index is -0.942. The molecule has 1 unspecified atom stereocenters. The molecule has 2 heterocycles. The van der Waals surface area contributed by atoms with E-state index >= 15 is 0 Å². The molecule has 2 fully saturated rings. The molecule has 0 aromatic heterocycles. The number of benzene rings is 3. The van der Waals surface area contributed by atoms with Crippen LogP contribution in [0.4, 0.5) is 9.59 Å². The molecule has 3 aromatic carbocycles. The Morgan fingerprint density at radius 1 is 0.712 bits per heavy atom. The van der Waals surface area contributed by atoms with Crippen molar-refractivity contribution < 1.29 is 38.0 Å². The highest BCUT2D eigenvalue weighted by Crippen LogP contribution is 2.44. The molecule has 0 bridgehead atoms. The predicted octanol–water partition coefficient (Wildman–Crippen LogP) is 7.47. The summed E-state index contributed by atoms with van der Waals surface area (Å²) < 4.78 is 37.5. The summed E-state index contributed by atoms with van der Waals surface area (Å²) in [7, 11) is 0. The Labute approximate surface area is 307 Å². The molecule has 2 saturated heterocycles. The number of rotatable bonds is 9. The summed E-state index contributed by atoms with van der Waals surface area (Å²) in [6, 6.07) is 30.1. The standard InChI is InChI=1S/C41H53N3O8/c1-27(42-35(43-36(45)51-38(2,3)4)44-37(46)52-39(5,6)7)25-31-33-34(50-40(8,9)49-33)32(48-31)26-47-41(28-19-13-10-14-20-28,29-21-15-11-16-22-29)30-23-17-12-18-24-30/h10-24,27,31-34H,25-26H2,1-9H3,(H2,42,43,44,45,46)/t27?,31-,32+,33-,34+/m0/s1. The Morgan fingerprint density at radius 3 is 1.52 bits per heavy atom. The van der Waals surface area contributed by atoms with Gasteiger partial charge in [-0.25, -0.2) is 14.6 Å². The minimum Gasteiger partial charge on any atom is -0.444 e. The number of fused-ring (bicyclic) bond motifs is 1. The average Bonchev–Trinajstić information content (AvgIpc) is 3.53. The summed E-state index contributed by atoms with van der Waals surface area (Å²) in [4.78, 5) is 30.1. The van der Waals surface area contributed by atoms with E-state index in [4.69, 9.17) is 28.4 Å². The molecule has 2 N–H and O–H groups in total. The van der Waals surface area contributed by atoms with Gasteiger partial charge in [0.15, 0.2) is 5.79 Å². The van der Waals surface area contributed by atoms with Gasteiger partial charge >= 0.3 is 12.2 Å². The van der Waals surface area contributed by atoms with Crippen molar-refractivity contribution in [3.05, 3.63) is 108 Å². The van der Waals surface area contributed by atoms with Gasteiger partial charge in [-0.05, 0) is 85.4 Å². The Kier molecular flexibility index (Phi) is 11.8. The van der Waals surface area contributed by atoms with Crippen LogP contribution in [0.3, 0.4) is 0 Å². The quantitative estimate of drug-likeness (QED) is 0.133. The maximum absolute atomic E-state index is 12.7. The van der Waals surface area contributed by atoms with Crippen molar-refractivity contribution >= 4 is 18.1 Å². The molecule has 11 heteroatoms. The van der Waals surface area contributed by atoms with Crippen LogP contribution in [-0.2, 0) is 34.0 Å². The van der Waals surface area contributed by atoms with Crippen molar-refractivity contribution in [1.82, 2.24) is 10.6 Å². The number of hydrogen-bond acceptors (Lipinski definition) is 9. The van der Waals surface area contributed by atoms with Crippen molar-refractivity contribution in [2.24, 2.45) is 4.99 Å². The van der Waals surface area contributed by atoms with Gasteiger partial charge in [0.05, 0.1) is 18.8 Å². The second-order valence-corrected chi connectivity index (χ2v) is 15.7. The molecule has 0 aliphatic carbocycles. The van der Waals surface area contributed by atoms with Crippen molar-refractivity contribution in [2.75, 3.05) is 6.61 Å². The van der Waals surface area contributed by atoms with E-state index in [1.165, 1.54) is 0 Å². The first-order chi connectivity index (χ1) is 24.4. The van der Waals surface area contributed by atoms with E-state index in [2.05, 4.69) is 52.0 Å². The lowest BCUT2D eigenvalue weighted by atomic mass is 9.80. The van der Waals surface area contributed by atoms with Crippen LogP contribution >= 0.6 is 0 Å². The largest absolute Gasteiger partial charge is 0.444 e. The molecule has 0 spiro atoms. The van der Waals surface area contributed by atoms with Gasteiger partial charge in [-0.3, -0.25) is 10.6 Å². The van der Waals surface area contributed by atoms with E-state index in [1.807, 2.05) is 75.4 Å². The summed E-state index contributed by atoms with van der Waals surface area (Å²) >= 11 is 0. The first-order valence-electron chi connectivity index (χ1n) is 17.8. The van der Waals surface area contributed by atoms with E-state index in [-0.39, 0.29) is 12.6 Å². The molecule has 280 valence electrons. The van der Waals surface area contributed by atoms with Crippen LogP contribution in [0, 0.1) is 0 Å². The van der Waals surface area contributed by atoms with Gasteiger partial charge in [-0.1, -0.05) is 91.0 Å². The number of hydrogen-bond donors (Lipinski definition) is 2. The average molecular weight is 716 g/mol. The SMILES string of the molecule is CC(C[C@@H]1O[C@H](COC(c2ccccc2)(c2ccccc2)c2ccccc2)[C@H]2OC(C)(C)O[C@H]21)N=C(NC(=O)OC(C)(C)C)NC(=O)OC(C)(C)C. The highest BCUT2D eigenvalue weighted by Gasteiger charge is 2.56. The Balaban J connectivity index is 1.40. The fourth-order valence-corrected chi connectivity index (χ4v) is 6.58. The Bertz CT molecular complexity index is 1540. The third kappa shape index (κ3) is 9.97. The van der Waals surface area contributed by atoms with E-state index in [1.54, 1.807) is 41.5 Å². The van der Waals surface area contributed by atoms with Crippen LogP contribution in [0.2, 0.25) is 0 Å². The van der Waals surface area contributed by atoms with Crippen molar-refractivity contribution in [1.29, 1.82) is 0 Å². The molecule has 0 radical (unpaired) electrons. The summed E-state index contributed by atoms with van der Waals surface area (Å²) in [6.07, 6.45) is -2.91. The molecule has 2 amide bonds. The molecular weight excluding hydrogens is 662 g/mol. The summed E-state index contributed by atoms with van der Waals surface area (Å²) in [5, 5.41) is 5.12. The van der Waals surface area contributed by atoms with Crippen LogP contribution in [0.15, 0.2) is 96.0 Å². The summed E-state index contributed by atoms with van der Waals surface area (Å²) in [5.74, 6) is -0.952. The fraction of sp³-hybridized carbons (Fsp3) is 0.488. The number of carbonyl (C=O) groups is 2. The molecule has 5 atom stereocenters. The third-order valence-corrected chi connectivity index (χ3v) is 8.41. The van der Waals surface area contributed by atoms with Crippen molar-refractivity contribution in [3.63, 3.8) is 0 Å². The molecular formula is C41H53N3O8. The Morgan fingerprint density at radius 2 is 1.12 bits per heavy atom. The van der Waals surface area contributed by atoms with Gasteiger partial charge in [0.1, 0.15) is 35.1 Å². The van der Waals surface area contributed by atoms with Gasteiger partial charge in [-0.15, -0.1) is 0 Å². The van der Waals surface area contributed by atoms with E-state index in [9.17, 15) is 9.59 Å². The second-order valence-electron chi connectivity index (χ2n) is 15.7. The number of guanidine groups is 1. The molecule has 3 aromatic rings. The van der Waals surface area contributed by atoms with Gasteiger partial charge in [0.25, 0.3) is 0 Å². The number of aliphatic imine (C=N–C) groups is 1. The van der Waals surface area contributed by atoms with Crippen LogP contribution in [0.1, 0.15) is 85.4 Å². The number of nitrogens with one attached hydrogen (secondary N) is 2. The zero-order valence-electron chi connectivity index (χ0n) is 31.7. The molecule has 52 heavy (non-hydrogen) atoms. The van der Waals surface area contributed by atoms with Gasteiger partial charge in [0, 0.05) is 0 Å². The van der Waals surface area contributed by atoms with Gasteiger partial charge < -0.3 is 28.4 Å². The van der Waals surface area contributed by atoms with Crippen LogP contribution in [-0.4, -0.2) is 72.2 Å². The molecule has 5 rings (SSSR count). The normalized spacial score (nSPS) is 21.8. The molecule has 11 nitrogen and oxygen atoms in total. The summed E-state index contributed by atoms with van der Waals surface area (Å²) in [5.41, 5.74) is 0.474. The maximum atomic E-state index is 12.7. The van der Waals surface area contributed by atoms with E-state index in [0.29, 0.717) is 6.42 Å². The topological polar surface area (TPSA) is 126 Å². The Hall–Kier alpha value is -4.29. The van der Waals surface area contributed by atoms with Crippen LogP contribution in [0.5, 0.6) is 0 Å². The highest BCUT2D eigenvalue weighted by atomic mass is 16.8. The zero-order chi connectivity index (χ0) is 37.7. The van der Waals surface area contributed by atoms with E-state index in [0.717, 1.165) is 16.7 Å². The number of alkyl carbamates (subject to hydrolysis) is 2. The summed E-state index contributed by atoms with van der Waals surface area (Å²) in [6.45, 7) is 16.3. The van der Waals surface area contributed by atoms with Gasteiger partial charge in [-0.2, -0.15) is 0 Å². The lowest BCUT2D eigenvalue weighted by Gasteiger charge is -2.37. The lowest BCUT2D eigenvalue weighted by molar-refractivity contribution is -0.196. The zero-order valence-corrected chi connectivity index (χ0v) is 31.7.